The molecule has 162 valence electrons. The van der Waals surface area contributed by atoms with E-state index in [1.54, 1.807) is 14.2 Å². The molecular weight excluding hydrogens is 394 g/mol. The van der Waals surface area contributed by atoms with Crippen molar-refractivity contribution in [2.75, 3.05) is 20.7 Å². The van der Waals surface area contributed by atoms with Gasteiger partial charge >= 0.3 is 6.03 Å². The van der Waals surface area contributed by atoms with E-state index in [4.69, 9.17) is 4.74 Å². The molecule has 1 fully saturated rings. The summed E-state index contributed by atoms with van der Waals surface area (Å²) < 4.78 is 5.35. The van der Waals surface area contributed by atoms with Crippen LogP contribution in [0.5, 0.6) is 5.75 Å². The van der Waals surface area contributed by atoms with Crippen LogP contribution in [0.25, 0.3) is 0 Å². The molecule has 1 heterocycles. The van der Waals surface area contributed by atoms with Crippen LogP contribution in [0, 0.1) is 0 Å². The molecule has 2 aliphatic rings. The van der Waals surface area contributed by atoms with Gasteiger partial charge in [0.2, 0.25) is 5.91 Å². The van der Waals surface area contributed by atoms with Gasteiger partial charge in [-0.15, -0.1) is 0 Å². The zero-order valence-electron chi connectivity index (χ0n) is 17.9. The number of methoxy groups -OCH3 is 1. The molecule has 1 spiro atoms. The molecule has 4 amide bonds. The molecule has 1 saturated heterocycles. The summed E-state index contributed by atoms with van der Waals surface area (Å²) in [6, 6.07) is 14.7. The number of aryl methyl sites for hydroxylation is 1. The first-order valence-corrected chi connectivity index (χ1v) is 10.5. The lowest BCUT2D eigenvalue weighted by Crippen LogP contribution is -2.45. The van der Waals surface area contributed by atoms with Crippen molar-refractivity contribution in [3.8, 4) is 5.75 Å². The van der Waals surface area contributed by atoms with Crippen LogP contribution >= 0.6 is 0 Å². The van der Waals surface area contributed by atoms with Crippen molar-refractivity contribution in [2.24, 2.45) is 0 Å². The summed E-state index contributed by atoms with van der Waals surface area (Å²) in [7, 11) is 3.24. The fraction of sp³-hybridized carbons (Fsp3) is 0.375. The first-order chi connectivity index (χ1) is 15.0. The predicted molar refractivity (Wildman–Crippen MR) is 115 cm³/mol. The van der Waals surface area contributed by atoms with Crippen molar-refractivity contribution in [1.82, 2.24) is 15.1 Å². The van der Waals surface area contributed by atoms with Gasteiger partial charge in [0.05, 0.1) is 7.11 Å². The van der Waals surface area contributed by atoms with Gasteiger partial charge in [-0.1, -0.05) is 42.5 Å². The first kappa shape index (κ1) is 20.9. The minimum absolute atomic E-state index is 0.291. The maximum absolute atomic E-state index is 13.5. The SMILES string of the molecule is COc1ccccc1CN(C)C(=O)CN1C(=O)N[C@]2(CCCCc3ccccc32)C1=O. The minimum atomic E-state index is -1.08. The number of urea groups is 1. The van der Waals surface area contributed by atoms with E-state index in [1.165, 1.54) is 4.90 Å². The van der Waals surface area contributed by atoms with Crippen molar-refractivity contribution >= 4 is 17.8 Å². The number of nitrogens with zero attached hydrogens (tertiary/aromatic N) is 2. The van der Waals surface area contributed by atoms with Crippen LogP contribution in [0.15, 0.2) is 48.5 Å². The zero-order valence-corrected chi connectivity index (χ0v) is 17.9. The van der Waals surface area contributed by atoms with Crippen LogP contribution in [0.2, 0.25) is 0 Å². The lowest BCUT2D eigenvalue weighted by atomic mass is 9.84. The Bertz CT molecular complexity index is 1020. The smallest absolute Gasteiger partial charge is 0.325 e. The van der Waals surface area contributed by atoms with Gasteiger partial charge in [-0.25, -0.2) is 4.79 Å². The normalized spacial score (nSPS) is 20.3. The molecule has 4 rings (SSSR count). The monoisotopic (exact) mass is 421 g/mol. The van der Waals surface area contributed by atoms with Gasteiger partial charge < -0.3 is 15.0 Å². The quantitative estimate of drug-likeness (QED) is 0.753. The molecule has 7 heteroatoms. The Morgan fingerprint density at radius 2 is 1.87 bits per heavy atom. The summed E-state index contributed by atoms with van der Waals surface area (Å²) in [6.45, 7) is 0.0285. The average Bonchev–Trinajstić information content (AvgIpc) is 2.91. The molecule has 0 saturated carbocycles. The van der Waals surface area contributed by atoms with Crippen LogP contribution in [0.1, 0.15) is 36.0 Å². The third kappa shape index (κ3) is 3.76. The number of benzene rings is 2. The van der Waals surface area contributed by atoms with Crippen molar-refractivity contribution in [2.45, 2.75) is 37.8 Å². The highest BCUT2D eigenvalue weighted by molar-refractivity contribution is 6.09. The number of rotatable bonds is 5. The van der Waals surface area contributed by atoms with E-state index in [-0.39, 0.29) is 18.4 Å². The summed E-state index contributed by atoms with van der Waals surface area (Å²) in [5.41, 5.74) is 1.71. The summed E-state index contributed by atoms with van der Waals surface area (Å²) in [5.74, 6) is 0.0328. The second kappa shape index (κ2) is 8.41. The van der Waals surface area contributed by atoms with Crippen LogP contribution < -0.4 is 10.1 Å². The van der Waals surface area contributed by atoms with Gasteiger partial charge in [0.15, 0.2) is 0 Å². The number of imide groups is 1. The predicted octanol–water partition coefficient (Wildman–Crippen LogP) is 2.83. The number of fused-ring (bicyclic) bond motifs is 2. The summed E-state index contributed by atoms with van der Waals surface area (Å²) in [5, 5.41) is 2.92. The maximum atomic E-state index is 13.5. The third-order valence-corrected chi connectivity index (χ3v) is 6.22. The van der Waals surface area contributed by atoms with Gasteiger partial charge in [0.25, 0.3) is 5.91 Å². The molecule has 0 bridgehead atoms. The Balaban J connectivity index is 1.53. The Hall–Kier alpha value is -3.35. The van der Waals surface area contributed by atoms with E-state index >= 15 is 0 Å². The molecule has 0 unspecified atom stereocenters. The van der Waals surface area contributed by atoms with E-state index < -0.39 is 11.6 Å². The molecule has 1 atom stereocenters. The van der Waals surface area contributed by atoms with E-state index in [2.05, 4.69) is 5.32 Å². The van der Waals surface area contributed by atoms with Crippen molar-refractivity contribution in [1.29, 1.82) is 0 Å². The van der Waals surface area contributed by atoms with Crippen molar-refractivity contribution in [3.63, 3.8) is 0 Å². The summed E-state index contributed by atoms with van der Waals surface area (Å²) in [4.78, 5) is 41.7. The van der Waals surface area contributed by atoms with Gasteiger partial charge in [0.1, 0.15) is 17.8 Å². The van der Waals surface area contributed by atoms with Crippen LogP contribution in [0.3, 0.4) is 0 Å². The number of carbonyl (C=O) groups excluding carboxylic acids is 3. The highest BCUT2D eigenvalue weighted by Gasteiger charge is 2.53. The van der Waals surface area contributed by atoms with Gasteiger partial charge in [0, 0.05) is 19.2 Å². The second-order valence-electron chi connectivity index (χ2n) is 8.15. The fourth-order valence-electron chi connectivity index (χ4n) is 4.55. The topological polar surface area (TPSA) is 79.0 Å². The molecule has 0 aromatic heterocycles. The lowest BCUT2D eigenvalue weighted by Gasteiger charge is -2.27. The second-order valence-corrected chi connectivity index (χ2v) is 8.15. The highest BCUT2D eigenvalue weighted by atomic mass is 16.5. The van der Waals surface area contributed by atoms with Gasteiger partial charge in [-0.2, -0.15) is 0 Å². The molecule has 1 N–H and O–H groups in total. The number of hydrogen-bond acceptors (Lipinski definition) is 4. The molecule has 0 radical (unpaired) electrons. The largest absolute Gasteiger partial charge is 0.496 e. The Labute approximate surface area is 182 Å². The van der Waals surface area contributed by atoms with E-state index in [0.29, 0.717) is 18.7 Å². The fourth-order valence-corrected chi connectivity index (χ4v) is 4.55. The number of amides is 4. The number of para-hydroxylation sites is 1. The first-order valence-electron chi connectivity index (χ1n) is 10.5. The molecule has 1 aliphatic carbocycles. The van der Waals surface area contributed by atoms with Crippen molar-refractivity contribution < 1.29 is 19.1 Å². The summed E-state index contributed by atoms with van der Waals surface area (Å²) >= 11 is 0. The number of likely N-dealkylation sites (N-methyl/N-ethyl adjacent to an activating group) is 1. The van der Waals surface area contributed by atoms with Gasteiger partial charge in [-0.3, -0.25) is 14.5 Å². The van der Waals surface area contributed by atoms with Crippen LogP contribution in [0.4, 0.5) is 4.79 Å². The van der Waals surface area contributed by atoms with Crippen LogP contribution in [-0.4, -0.2) is 48.3 Å². The zero-order chi connectivity index (χ0) is 22.0. The maximum Gasteiger partial charge on any atom is 0.325 e. The number of hydrogen-bond donors (Lipinski definition) is 1. The van der Waals surface area contributed by atoms with E-state index in [1.807, 2.05) is 48.5 Å². The Kier molecular flexibility index (Phi) is 5.67. The number of carbonyl (C=O) groups is 3. The Morgan fingerprint density at radius 3 is 2.68 bits per heavy atom. The Morgan fingerprint density at radius 1 is 1.13 bits per heavy atom. The number of ether oxygens (including phenoxy) is 1. The molecule has 7 nitrogen and oxygen atoms in total. The molecule has 1 aliphatic heterocycles. The van der Waals surface area contributed by atoms with Crippen LogP contribution in [-0.2, 0) is 28.1 Å². The number of nitrogens with one attached hydrogen (secondary N) is 1. The lowest BCUT2D eigenvalue weighted by molar-refractivity contribution is -0.139. The highest BCUT2D eigenvalue weighted by Crippen LogP contribution is 2.39. The molecule has 2 aromatic rings. The van der Waals surface area contributed by atoms with Gasteiger partial charge in [-0.05, 0) is 42.9 Å². The third-order valence-electron chi connectivity index (χ3n) is 6.22. The molecule has 2 aromatic carbocycles. The molecule has 31 heavy (non-hydrogen) atoms. The summed E-state index contributed by atoms with van der Waals surface area (Å²) in [6.07, 6.45) is 3.21. The van der Waals surface area contributed by atoms with Crippen molar-refractivity contribution in [3.05, 3.63) is 65.2 Å². The standard InChI is InChI=1S/C24H27N3O4/c1-26(15-18-11-4-6-13-20(18)31-2)21(28)16-27-22(29)24(25-23(27)30)14-8-7-10-17-9-3-5-12-19(17)24/h3-6,9,11-13H,7-8,10,14-16H2,1-2H3,(H,25,30)/t24-/m0/s1. The molecular formula is C24H27N3O4. The average molecular weight is 421 g/mol. The van der Waals surface area contributed by atoms with E-state index in [0.717, 1.165) is 40.9 Å². The minimum Gasteiger partial charge on any atom is -0.496 e. The van der Waals surface area contributed by atoms with E-state index in [9.17, 15) is 14.4 Å².